The first-order chi connectivity index (χ1) is 8.79. The molecule has 2 saturated carbocycles. The first-order valence-electron chi connectivity index (χ1n) is 7.84. The molecule has 1 N–H and O–H groups in total. The van der Waals surface area contributed by atoms with E-state index >= 15 is 0 Å². The maximum Gasteiger partial charge on any atom is 0.156 e. The second kappa shape index (κ2) is 5.94. The molecule has 0 aromatic rings. The Labute approximate surface area is 130 Å². The first-order valence-corrected chi connectivity index (χ1v) is 7.84. The van der Waals surface area contributed by atoms with Crippen LogP contribution in [-0.2, 0) is 4.79 Å². The molecule has 4 atom stereocenters. The Morgan fingerprint density at radius 2 is 1.85 bits per heavy atom. The highest BCUT2D eigenvalue weighted by molar-refractivity contribution is 5.94. The number of hydrogen-bond donors (Lipinski definition) is 1. The SMILES string of the molecule is CCN(CC)C(C)NC1C(=O)C2(C)CCC1C2(C)C.Cl. The number of halogens is 1. The van der Waals surface area contributed by atoms with Crippen molar-refractivity contribution in [2.24, 2.45) is 16.7 Å². The molecule has 2 aliphatic carbocycles. The zero-order valence-electron chi connectivity index (χ0n) is 13.8. The highest BCUT2D eigenvalue weighted by atomic mass is 35.5. The Balaban J connectivity index is 0.00000200. The predicted molar refractivity (Wildman–Crippen MR) is 86.2 cm³/mol. The lowest BCUT2D eigenvalue weighted by Gasteiger charge is -2.33. The molecule has 4 unspecified atom stereocenters. The van der Waals surface area contributed by atoms with Crippen molar-refractivity contribution in [2.45, 2.75) is 66.6 Å². The summed E-state index contributed by atoms with van der Waals surface area (Å²) in [5.74, 6) is 0.954. The van der Waals surface area contributed by atoms with Crippen LogP contribution in [0.25, 0.3) is 0 Å². The number of carbonyl (C=O) groups excluding carboxylic acids is 1. The van der Waals surface area contributed by atoms with Crippen LogP contribution < -0.4 is 5.32 Å². The summed E-state index contributed by atoms with van der Waals surface area (Å²) < 4.78 is 0. The van der Waals surface area contributed by atoms with Gasteiger partial charge < -0.3 is 0 Å². The van der Waals surface area contributed by atoms with Crippen LogP contribution in [0.2, 0.25) is 0 Å². The molecule has 2 bridgehead atoms. The van der Waals surface area contributed by atoms with Crippen molar-refractivity contribution in [3.05, 3.63) is 0 Å². The van der Waals surface area contributed by atoms with Gasteiger partial charge in [0, 0.05) is 5.41 Å². The third kappa shape index (κ3) is 2.32. The van der Waals surface area contributed by atoms with Crippen molar-refractivity contribution in [2.75, 3.05) is 13.1 Å². The van der Waals surface area contributed by atoms with E-state index in [1.54, 1.807) is 0 Å². The standard InChI is InChI=1S/C16H30N2O.ClH/c1-7-18(8-2)11(3)17-13-12-9-10-16(6,14(13)19)15(12,4)5;/h11-13,17H,7-10H2,1-6H3;1H. The summed E-state index contributed by atoms with van der Waals surface area (Å²) in [5, 5.41) is 3.62. The minimum atomic E-state index is -0.113. The van der Waals surface area contributed by atoms with E-state index in [4.69, 9.17) is 0 Å². The summed E-state index contributed by atoms with van der Waals surface area (Å²) in [6.07, 6.45) is 2.54. The fraction of sp³-hybridized carbons (Fsp3) is 0.938. The zero-order valence-corrected chi connectivity index (χ0v) is 14.6. The van der Waals surface area contributed by atoms with Crippen molar-refractivity contribution >= 4 is 18.2 Å². The van der Waals surface area contributed by atoms with Crippen LogP contribution in [0.4, 0.5) is 0 Å². The van der Waals surface area contributed by atoms with Crippen LogP contribution in [0.15, 0.2) is 0 Å². The van der Waals surface area contributed by atoms with Gasteiger partial charge in [0.2, 0.25) is 0 Å². The Morgan fingerprint density at radius 1 is 1.30 bits per heavy atom. The maximum atomic E-state index is 12.8. The fourth-order valence-electron chi connectivity index (χ4n) is 4.41. The van der Waals surface area contributed by atoms with Gasteiger partial charge in [0.15, 0.2) is 5.78 Å². The molecule has 118 valence electrons. The molecule has 3 nitrogen and oxygen atoms in total. The van der Waals surface area contributed by atoms with E-state index < -0.39 is 0 Å². The smallest absolute Gasteiger partial charge is 0.156 e. The van der Waals surface area contributed by atoms with Crippen molar-refractivity contribution in [1.29, 1.82) is 0 Å². The molecule has 0 spiro atoms. The Bertz CT molecular complexity index is 367. The van der Waals surface area contributed by atoms with Gasteiger partial charge in [-0.2, -0.15) is 0 Å². The van der Waals surface area contributed by atoms with E-state index in [1.165, 1.54) is 6.42 Å². The topological polar surface area (TPSA) is 32.3 Å². The normalized spacial score (nSPS) is 36.2. The van der Waals surface area contributed by atoms with E-state index in [0.29, 0.717) is 11.7 Å². The van der Waals surface area contributed by atoms with Gasteiger partial charge in [0.1, 0.15) is 0 Å². The van der Waals surface area contributed by atoms with Gasteiger partial charge in [-0.25, -0.2) is 0 Å². The number of nitrogens with one attached hydrogen (secondary N) is 1. The summed E-state index contributed by atoms with van der Waals surface area (Å²) in [7, 11) is 0. The number of fused-ring (bicyclic) bond motifs is 2. The molecule has 2 fully saturated rings. The van der Waals surface area contributed by atoms with Crippen LogP contribution >= 0.6 is 12.4 Å². The lowest BCUT2D eigenvalue weighted by Crippen LogP contribution is -2.53. The van der Waals surface area contributed by atoms with Gasteiger partial charge in [-0.15, -0.1) is 12.4 Å². The molecule has 0 amide bonds. The van der Waals surface area contributed by atoms with Gasteiger partial charge >= 0.3 is 0 Å². The highest BCUT2D eigenvalue weighted by Crippen LogP contribution is 2.63. The zero-order chi connectivity index (χ0) is 14.4. The van der Waals surface area contributed by atoms with Gasteiger partial charge in [0.05, 0.1) is 12.2 Å². The number of rotatable bonds is 5. The molecule has 0 saturated heterocycles. The third-order valence-corrected chi connectivity index (χ3v) is 6.31. The molecule has 0 aromatic heterocycles. The molecule has 4 heteroatoms. The fourth-order valence-corrected chi connectivity index (χ4v) is 4.41. The predicted octanol–water partition coefficient (Wildman–Crippen LogP) is 3.08. The summed E-state index contributed by atoms with van der Waals surface area (Å²) in [6.45, 7) is 15.3. The second-order valence-electron chi connectivity index (χ2n) is 7.10. The number of Topliss-reactive ketones (excluding diaryl/α,β-unsaturated/α-hetero) is 1. The largest absolute Gasteiger partial charge is 0.297 e. The number of nitrogens with zero attached hydrogens (tertiary/aromatic N) is 1. The average Bonchev–Trinajstić information content (AvgIpc) is 2.65. The Hall–Kier alpha value is -0.120. The number of carbonyl (C=O) groups is 1. The molecule has 2 aliphatic rings. The number of ketones is 1. The average molecular weight is 303 g/mol. The van der Waals surface area contributed by atoms with Crippen LogP contribution in [0.5, 0.6) is 0 Å². The Morgan fingerprint density at radius 3 is 2.25 bits per heavy atom. The Kier molecular flexibility index (Phi) is 5.32. The molecule has 20 heavy (non-hydrogen) atoms. The first kappa shape index (κ1) is 17.9. The highest BCUT2D eigenvalue weighted by Gasteiger charge is 2.66. The van der Waals surface area contributed by atoms with Gasteiger partial charge in [0.25, 0.3) is 0 Å². The summed E-state index contributed by atoms with van der Waals surface area (Å²) in [4.78, 5) is 15.1. The molecule has 0 aromatic carbocycles. The van der Waals surface area contributed by atoms with Crippen LogP contribution in [-0.4, -0.2) is 36.0 Å². The van der Waals surface area contributed by atoms with Gasteiger partial charge in [-0.05, 0) is 44.2 Å². The van der Waals surface area contributed by atoms with E-state index in [9.17, 15) is 4.79 Å². The molecular weight excluding hydrogens is 272 g/mol. The molecule has 0 heterocycles. The lowest BCUT2D eigenvalue weighted by molar-refractivity contribution is -0.130. The van der Waals surface area contributed by atoms with Crippen molar-refractivity contribution in [3.63, 3.8) is 0 Å². The molecule has 2 rings (SSSR count). The quantitative estimate of drug-likeness (QED) is 0.792. The van der Waals surface area contributed by atoms with Crippen LogP contribution in [0, 0.1) is 16.7 Å². The van der Waals surface area contributed by atoms with Crippen LogP contribution in [0.3, 0.4) is 0 Å². The van der Waals surface area contributed by atoms with Gasteiger partial charge in [-0.1, -0.05) is 34.6 Å². The molecule has 0 radical (unpaired) electrons. The van der Waals surface area contributed by atoms with Gasteiger partial charge in [-0.3, -0.25) is 15.0 Å². The summed E-state index contributed by atoms with van der Waals surface area (Å²) in [5.41, 5.74) is 0.0308. The maximum absolute atomic E-state index is 12.8. The van der Waals surface area contributed by atoms with Crippen molar-refractivity contribution < 1.29 is 4.79 Å². The minimum absolute atomic E-state index is 0. The molecule has 0 aliphatic heterocycles. The van der Waals surface area contributed by atoms with Crippen molar-refractivity contribution in [3.8, 4) is 0 Å². The van der Waals surface area contributed by atoms with E-state index in [1.807, 2.05) is 0 Å². The minimum Gasteiger partial charge on any atom is -0.297 e. The van der Waals surface area contributed by atoms with Crippen molar-refractivity contribution in [1.82, 2.24) is 10.2 Å². The van der Waals surface area contributed by atoms with E-state index in [-0.39, 0.29) is 35.4 Å². The number of hydrogen-bond acceptors (Lipinski definition) is 3. The van der Waals surface area contributed by atoms with E-state index in [2.05, 4.69) is 51.8 Å². The second-order valence-corrected chi connectivity index (χ2v) is 7.10. The van der Waals surface area contributed by atoms with Crippen LogP contribution in [0.1, 0.15) is 54.4 Å². The summed E-state index contributed by atoms with van der Waals surface area (Å²) >= 11 is 0. The summed E-state index contributed by atoms with van der Waals surface area (Å²) in [6, 6.07) is 0.0596. The monoisotopic (exact) mass is 302 g/mol. The third-order valence-electron chi connectivity index (χ3n) is 6.31. The van der Waals surface area contributed by atoms with E-state index in [0.717, 1.165) is 19.5 Å². The molecular formula is C16H31ClN2O. The lowest BCUT2D eigenvalue weighted by atomic mass is 9.70.